The lowest BCUT2D eigenvalue weighted by molar-refractivity contribution is -0.123. The van der Waals surface area contributed by atoms with Gasteiger partial charge in [-0.2, -0.15) is 0 Å². The van der Waals surface area contributed by atoms with Crippen molar-refractivity contribution in [3.05, 3.63) is 0 Å². The summed E-state index contributed by atoms with van der Waals surface area (Å²) in [5, 5.41) is 0. The van der Waals surface area contributed by atoms with Crippen molar-refractivity contribution >= 4 is 5.91 Å². The van der Waals surface area contributed by atoms with E-state index in [1.54, 1.807) is 6.92 Å². The number of carbonyl (C=O) groups is 1. The number of amides is 1. The van der Waals surface area contributed by atoms with Crippen molar-refractivity contribution in [3.63, 3.8) is 0 Å². The summed E-state index contributed by atoms with van der Waals surface area (Å²) in [7, 11) is 1.98. The number of rotatable bonds is 5. The highest BCUT2D eigenvalue weighted by Gasteiger charge is 2.28. The van der Waals surface area contributed by atoms with Crippen LogP contribution in [0.25, 0.3) is 0 Å². The monoisotopic (exact) mass is 229 g/mol. The van der Waals surface area contributed by atoms with E-state index >= 15 is 0 Å². The van der Waals surface area contributed by atoms with Crippen LogP contribution in [0.4, 0.5) is 0 Å². The van der Waals surface area contributed by atoms with Gasteiger partial charge in [0.05, 0.1) is 0 Å². The molecule has 0 aromatic heterocycles. The average molecular weight is 229 g/mol. The Hall–Kier alpha value is -0.650. The molecule has 94 valence electrons. The third kappa shape index (κ3) is 4.08. The van der Waals surface area contributed by atoms with Gasteiger partial charge in [0, 0.05) is 26.3 Å². The van der Waals surface area contributed by atoms with Crippen molar-refractivity contribution in [1.82, 2.24) is 4.90 Å². The van der Waals surface area contributed by atoms with Gasteiger partial charge in [-0.05, 0) is 32.7 Å². The van der Waals surface area contributed by atoms with Crippen LogP contribution in [0.5, 0.6) is 0 Å². The quantitative estimate of drug-likeness (QED) is 0.669. The fraction of sp³-hybridized carbons (Fsp3) is 0.909. The van der Waals surface area contributed by atoms with E-state index in [1.165, 1.54) is 0 Å². The molecule has 0 aromatic carbocycles. The largest absolute Gasteiger partial charge is 0.381 e. The Bertz CT molecular complexity index is 237. The molecule has 0 aromatic rings. The SMILES string of the molecule is CN(CC1CCOCC1)CC(C)(N)C(N)=O. The molecular weight excluding hydrogens is 206 g/mol. The van der Waals surface area contributed by atoms with E-state index < -0.39 is 11.4 Å². The number of nitrogens with zero attached hydrogens (tertiary/aromatic N) is 1. The lowest BCUT2D eigenvalue weighted by Crippen LogP contribution is -2.56. The van der Waals surface area contributed by atoms with Gasteiger partial charge in [0.25, 0.3) is 0 Å². The molecule has 0 aliphatic carbocycles. The number of primary amides is 1. The number of hydrogen-bond donors (Lipinski definition) is 2. The second-order valence-corrected chi connectivity index (χ2v) is 5.03. The highest BCUT2D eigenvalue weighted by molar-refractivity contribution is 5.84. The van der Waals surface area contributed by atoms with Crippen LogP contribution in [0.2, 0.25) is 0 Å². The van der Waals surface area contributed by atoms with Crippen LogP contribution in [0, 0.1) is 5.92 Å². The molecule has 1 aliphatic rings. The molecule has 5 nitrogen and oxygen atoms in total. The maximum atomic E-state index is 11.1. The molecular formula is C11H23N3O2. The molecule has 1 atom stereocenters. The zero-order chi connectivity index (χ0) is 12.2. The molecule has 0 saturated carbocycles. The smallest absolute Gasteiger partial charge is 0.238 e. The van der Waals surface area contributed by atoms with E-state index in [-0.39, 0.29) is 0 Å². The fourth-order valence-corrected chi connectivity index (χ4v) is 2.07. The molecule has 1 rings (SSSR count). The minimum atomic E-state index is -0.945. The summed E-state index contributed by atoms with van der Waals surface area (Å²) >= 11 is 0. The van der Waals surface area contributed by atoms with Crippen molar-refractivity contribution in [2.75, 3.05) is 33.4 Å². The van der Waals surface area contributed by atoms with Gasteiger partial charge in [-0.25, -0.2) is 0 Å². The first kappa shape index (κ1) is 13.4. The third-order valence-electron chi connectivity index (χ3n) is 3.07. The Morgan fingerprint density at radius 2 is 2.06 bits per heavy atom. The predicted molar refractivity (Wildman–Crippen MR) is 62.8 cm³/mol. The molecule has 0 bridgehead atoms. The van der Waals surface area contributed by atoms with E-state index in [0.717, 1.165) is 32.6 Å². The Kier molecular flexibility index (Phi) is 4.70. The molecule has 1 saturated heterocycles. The molecule has 1 fully saturated rings. The Labute approximate surface area is 97.1 Å². The first-order valence-corrected chi connectivity index (χ1v) is 5.77. The summed E-state index contributed by atoms with van der Waals surface area (Å²) in [6.45, 7) is 4.81. The molecule has 1 unspecified atom stereocenters. The number of carbonyl (C=O) groups excluding carboxylic acids is 1. The van der Waals surface area contributed by atoms with Crippen LogP contribution in [-0.4, -0.2) is 49.7 Å². The van der Waals surface area contributed by atoms with Crippen LogP contribution < -0.4 is 11.5 Å². The van der Waals surface area contributed by atoms with Gasteiger partial charge in [-0.1, -0.05) is 0 Å². The minimum Gasteiger partial charge on any atom is -0.381 e. The first-order chi connectivity index (χ1) is 7.42. The Morgan fingerprint density at radius 3 is 2.56 bits per heavy atom. The van der Waals surface area contributed by atoms with Crippen LogP contribution in [-0.2, 0) is 9.53 Å². The number of ether oxygens (including phenoxy) is 1. The van der Waals surface area contributed by atoms with Gasteiger partial charge in [-0.15, -0.1) is 0 Å². The summed E-state index contributed by atoms with van der Waals surface area (Å²) < 4.78 is 5.30. The predicted octanol–water partition coefficient (Wildman–Crippen LogP) is -0.452. The molecule has 0 radical (unpaired) electrons. The van der Waals surface area contributed by atoms with E-state index in [2.05, 4.69) is 4.90 Å². The lowest BCUT2D eigenvalue weighted by atomic mass is 9.98. The standard InChI is InChI=1S/C11H23N3O2/c1-11(13,10(12)15)8-14(2)7-9-3-5-16-6-4-9/h9H,3-8,13H2,1-2H3,(H2,12,15). The third-order valence-corrected chi connectivity index (χ3v) is 3.07. The van der Waals surface area contributed by atoms with Crippen LogP contribution in [0.3, 0.4) is 0 Å². The molecule has 1 aliphatic heterocycles. The van der Waals surface area contributed by atoms with Crippen molar-refractivity contribution < 1.29 is 9.53 Å². The molecule has 16 heavy (non-hydrogen) atoms. The van der Waals surface area contributed by atoms with E-state index in [0.29, 0.717) is 12.5 Å². The van der Waals surface area contributed by atoms with Crippen molar-refractivity contribution in [2.45, 2.75) is 25.3 Å². The van der Waals surface area contributed by atoms with Crippen molar-refractivity contribution in [1.29, 1.82) is 0 Å². The number of hydrogen-bond acceptors (Lipinski definition) is 4. The molecule has 0 spiro atoms. The summed E-state index contributed by atoms with van der Waals surface area (Å²) in [4.78, 5) is 13.2. The Morgan fingerprint density at radius 1 is 1.50 bits per heavy atom. The number of likely N-dealkylation sites (N-methyl/N-ethyl adjacent to an activating group) is 1. The fourth-order valence-electron chi connectivity index (χ4n) is 2.07. The van der Waals surface area contributed by atoms with Gasteiger partial charge >= 0.3 is 0 Å². The summed E-state index contributed by atoms with van der Waals surface area (Å²) in [5.74, 6) is 0.189. The summed E-state index contributed by atoms with van der Waals surface area (Å²) in [6, 6.07) is 0. The second kappa shape index (κ2) is 5.61. The zero-order valence-corrected chi connectivity index (χ0v) is 10.2. The minimum absolute atomic E-state index is 0.452. The van der Waals surface area contributed by atoms with E-state index in [4.69, 9.17) is 16.2 Å². The van der Waals surface area contributed by atoms with Gasteiger partial charge in [-0.3, -0.25) is 4.79 Å². The van der Waals surface area contributed by atoms with Gasteiger partial charge in [0.2, 0.25) is 5.91 Å². The van der Waals surface area contributed by atoms with Gasteiger partial charge < -0.3 is 21.1 Å². The topological polar surface area (TPSA) is 81.6 Å². The lowest BCUT2D eigenvalue weighted by Gasteiger charge is -2.31. The second-order valence-electron chi connectivity index (χ2n) is 5.03. The summed E-state index contributed by atoms with van der Waals surface area (Å²) in [5.41, 5.74) is 10.1. The highest BCUT2D eigenvalue weighted by Crippen LogP contribution is 2.16. The van der Waals surface area contributed by atoms with E-state index in [1.807, 2.05) is 7.05 Å². The molecule has 1 amide bonds. The molecule has 1 heterocycles. The van der Waals surface area contributed by atoms with E-state index in [9.17, 15) is 4.79 Å². The van der Waals surface area contributed by atoms with Gasteiger partial charge in [0.15, 0.2) is 0 Å². The first-order valence-electron chi connectivity index (χ1n) is 5.77. The molecule has 4 N–H and O–H groups in total. The maximum absolute atomic E-state index is 11.1. The molecule has 5 heteroatoms. The van der Waals surface area contributed by atoms with Crippen molar-refractivity contribution in [2.24, 2.45) is 17.4 Å². The maximum Gasteiger partial charge on any atom is 0.238 e. The highest BCUT2D eigenvalue weighted by atomic mass is 16.5. The van der Waals surface area contributed by atoms with Gasteiger partial charge in [0.1, 0.15) is 5.54 Å². The van der Waals surface area contributed by atoms with Crippen molar-refractivity contribution in [3.8, 4) is 0 Å². The normalized spacial score (nSPS) is 22.0. The van der Waals surface area contributed by atoms with Crippen LogP contribution in [0.15, 0.2) is 0 Å². The zero-order valence-electron chi connectivity index (χ0n) is 10.2. The van der Waals surface area contributed by atoms with Crippen LogP contribution >= 0.6 is 0 Å². The average Bonchev–Trinajstić information content (AvgIpc) is 2.17. The summed E-state index contributed by atoms with van der Waals surface area (Å²) in [6.07, 6.45) is 2.17. The Balaban J connectivity index is 2.34. The van der Waals surface area contributed by atoms with Crippen LogP contribution in [0.1, 0.15) is 19.8 Å². The number of nitrogens with two attached hydrogens (primary N) is 2.